The summed E-state index contributed by atoms with van der Waals surface area (Å²) in [4.78, 5) is 21.8. The summed E-state index contributed by atoms with van der Waals surface area (Å²) in [6.07, 6.45) is 0. The van der Waals surface area contributed by atoms with Crippen LogP contribution in [0, 0.1) is 17.0 Å². The maximum Gasteiger partial charge on any atom is 0.296 e. The van der Waals surface area contributed by atoms with E-state index in [0.717, 1.165) is 30.4 Å². The minimum absolute atomic E-state index is 0.0292. The lowest BCUT2D eigenvalue weighted by atomic mass is 10.0. The van der Waals surface area contributed by atoms with Crippen LogP contribution in [-0.4, -0.2) is 26.6 Å². The summed E-state index contributed by atoms with van der Waals surface area (Å²) in [7, 11) is -8.22. The van der Waals surface area contributed by atoms with E-state index in [9.17, 15) is 28.0 Å². The van der Waals surface area contributed by atoms with Crippen molar-refractivity contribution in [1.29, 1.82) is 0 Å². The molecule has 0 saturated heterocycles. The molecule has 2 aromatic carbocycles. The van der Waals surface area contributed by atoms with E-state index in [1.807, 2.05) is 6.92 Å². The van der Waals surface area contributed by atoms with E-state index in [0.29, 0.717) is 0 Å². The molecule has 9 nitrogen and oxygen atoms in total. The van der Waals surface area contributed by atoms with Gasteiger partial charge in [0.2, 0.25) is 0 Å². The Kier molecular flexibility index (Phi) is 6.61. The van der Waals surface area contributed by atoms with Gasteiger partial charge in [-0.1, -0.05) is 24.6 Å². The molecule has 0 N–H and O–H groups in total. The average molecular weight is 428 g/mol. The zero-order valence-corrected chi connectivity index (χ0v) is 17.1. The second kappa shape index (κ2) is 8.40. The van der Waals surface area contributed by atoms with Crippen molar-refractivity contribution in [2.45, 2.75) is 24.7 Å². The van der Waals surface area contributed by atoms with E-state index in [1.165, 1.54) is 12.1 Å². The molecule has 2 atom stereocenters. The van der Waals surface area contributed by atoms with Crippen LogP contribution in [0.1, 0.15) is 24.0 Å². The number of benzene rings is 2. The van der Waals surface area contributed by atoms with Crippen LogP contribution in [0.3, 0.4) is 0 Å². The van der Waals surface area contributed by atoms with Gasteiger partial charge in [0.1, 0.15) is 5.75 Å². The number of aryl methyl sites for hydroxylation is 1. The predicted octanol–water partition coefficient (Wildman–Crippen LogP) is 2.97. The van der Waals surface area contributed by atoms with Gasteiger partial charge in [0.05, 0.1) is 16.4 Å². The molecule has 11 heteroatoms. The van der Waals surface area contributed by atoms with Crippen LogP contribution in [0.2, 0.25) is 0 Å². The summed E-state index contributed by atoms with van der Waals surface area (Å²) in [5.41, 5.74) is 0.742. The predicted molar refractivity (Wildman–Crippen MR) is 100.0 cm³/mol. The number of rotatable bonds is 8. The second-order valence-electron chi connectivity index (χ2n) is 6.29. The number of hydrogen-bond acceptors (Lipinski definition) is 8. The Morgan fingerprint density at radius 2 is 1.79 bits per heavy atom. The van der Waals surface area contributed by atoms with Gasteiger partial charge in [0, 0.05) is 30.3 Å². The van der Waals surface area contributed by atoms with Crippen molar-refractivity contribution in [1.82, 2.24) is 0 Å². The molecule has 0 aliphatic rings. The highest BCUT2D eigenvalue weighted by atomic mass is 32.2. The van der Waals surface area contributed by atoms with Crippen LogP contribution >= 0.6 is 7.60 Å². The summed E-state index contributed by atoms with van der Waals surface area (Å²) in [6.45, 7) is 3.86. The van der Waals surface area contributed by atoms with Crippen LogP contribution in [0.25, 0.3) is 0 Å². The largest absolute Gasteiger partial charge is 0.769 e. The maximum atomic E-state index is 12.3. The van der Waals surface area contributed by atoms with Crippen LogP contribution in [-0.2, 0) is 18.9 Å². The Morgan fingerprint density at radius 3 is 2.32 bits per heavy atom. The van der Waals surface area contributed by atoms with Gasteiger partial charge >= 0.3 is 0 Å². The molecule has 0 radical (unpaired) electrons. The topological polar surface area (TPSA) is 136 Å². The summed E-state index contributed by atoms with van der Waals surface area (Å²) < 4.78 is 46.0. The molecule has 0 fully saturated rings. The van der Waals surface area contributed by atoms with E-state index in [-0.39, 0.29) is 28.5 Å². The van der Waals surface area contributed by atoms with Crippen LogP contribution in [0.4, 0.5) is 5.69 Å². The fraction of sp³-hybridized carbons (Fsp3) is 0.294. The first-order valence-electron chi connectivity index (χ1n) is 8.11. The van der Waals surface area contributed by atoms with Gasteiger partial charge in [0.25, 0.3) is 15.8 Å². The van der Waals surface area contributed by atoms with Crippen molar-refractivity contribution in [2.24, 2.45) is 0 Å². The third kappa shape index (κ3) is 5.87. The van der Waals surface area contributed by atoms with Gasteiger partial charge in [-0.05, 0) is 25.1 Å². The van der Waals surface area contributed by atoms with E-state index in [4.69, 9.17) is 8.71 Å². The molecule has 0 bridgehead atoms. The van der Waals surface area contributed by atoms with E-state index in [2.05, 4.69) is 0 Å². The molecule has 0 heterocycles. The van der Waals surface area contributed by atoms with Crippen molar-refractivity contribution in [3.63, 3.8) is 0 Å². The zero-order valence-electron chi connectivity index (χ0n) is 15.4. The summed E-state index contributed by atoms with van der Waals surface area (Å²) >= 11 is 0. The first kappa shape index (κ1) is 22.0. The quantitative estimate of drug-likeness (QED) is 0.271. The molecule has 28 heavy (non-hydrogen) atoms. The van der Waals surface area contributed by atoms with Crippen LogP contribution in [0.5, 0.6) is 5.75 Å². The van der Waals surface area contributed by atoms with E-state index >= 15 is 0 Å². The van der Waals surface area contributed by atoms with Crippen molar-refractivity contribution < 1.29 is 31.5 Å². The normalized spacial score (nSPS) is 14.9. The summed E-state index contributed by atoms with van der Waals surface area (Å²) in [6, 6.07) is 9.46. The molecular formula is C17H19NO8PS-. The fourth-order valence-corrected chi connectivity index (χ4v) is 3.86. The molecule has 0 aliphatic heterocycles. The Morgan fingerprint density at radius 1 is 1.18 bits per heavy atom. The fourth-order valence-electron chi connectivity index (χ4n) is 2.35. The number of hydrogen-bond donors (Lipinski definition) is 0. The van der Waals surface area contributed by atoms with Crippen molar-refractivity contribution in [2.75, 3.05) is 13.3 Å². The molecule has 2 rings (SSSR count). The Balaban J connectivity index is 2.27. The number of nitro benzene ring substituents is 1. The van der Waals surface area contributed by atoms with Crippen molar-refractivity contribution >= 4 is 23.4 Å². The first-order chi connectivity index (χ1) is 12.9. The second-order valence-corrected chi connectivity index (χ2v) is 9.64. The van der Waals surface area contributed by atoms with Gasteiger partial charge in [-0.3, -0.25) is 18.9 Å². The Labute approximate surface area is 162 Å². The highest BCUT2D eigenvalue weighted by molar-refractivity contribution is 7.86. The monoisotopic (exact) mass is 428 g/mol. The number of non-ortho nitro benzene ring substituents is 1. The molecule has 0 saturated carbocycles. The molecule has 152 valence electrons. The van der Waals surface area contributed by atoms with E-state index < -0.39 is 28.6 Å². The lowest BCUT2D eigenvalue weighted by Crippen LogP contribution is -2.14. The van der Waals surface area contributed by atoms with E-state index in [1.54, 1.807) is 19.1 Å². The minimum atomic E-state index is -4.18. The third-order valence-corrected chi connectivity index (χ3v) is 5.61. The molecule has 2 unspecified atom stereocenters. The maximum absolute atomic E-state index is 12.3. The molecule has 2 aromatic rings. The Bertz CT molecular complexity index is 1010. The average Bonchev–Trinajstić information content (AvgIpc) is 2.59. The Hall–Kier alpha value is -2.26. The van der Waals surface area contributed by atoms with Gasteiger partial charge < -0.3 is 9.42 Å². The highest BCUT2D eigenvalue weighted by Crippen LogP contribution is 2.40. The lowest BCUT2D eigenvalue weighted by molar-refractivity contribution is -0.385. The SMILES string of the molecule is Cc1ccc(S(=O)(=O)OCC(C)c2cc([N+](=O)[O-])ccc2OP(C)(=O)[O-])cc1. The van der Waals surface area contributed by atoms with Crippen molar-refractivity contribution in [3.8, 4) is 5.75 Å². The summed E-state index contributed by atoms with van der Waals surface area (Å²) in [5.74, 6) is -0.822. The number of nitro groups is 1. The lowest BCUT2D eigenvalue weighted by Gasteiger charge is -2.23. The zero-order chi connectivity index (χ0) is 21.1. The highest BCUT2D eigenvalue weighted by Gasteiger charge is 2.22. The van der Waals surface area contributed by atoms with Gasteiger partial charge in [0.15, 0.2) is 7.60 Å². The van der Waals surface area contributed by atoms with Gasteiger partial charge in [-0.15, -0.1) is 0 Å². The molecular weight excluding hydrogens is 409 g/mol. The van der Waals surface area contributed by atoms with Gasteiger partial charge in [-0.25, -0.2) is 0 Å². The molecule has 0 aliphatic carbocycles. The first-order valence-corrected chi connectivity index (χ1v) is 11.5. The number of nitrogens with zero attached hydrogens (tertiary/aromatic N) is 1. The molecule has 0 aromatic heterocycles. The smallest absolute Gasteiger partial charge is 0.296 e. The molecule has 0 amide bonds. The van der Waals surface area contributed by atoms with Gasteiger partial charge in [-0.2, -0.15) is 8.42 Å². The standard InChI is InChI=1S/C17H20NO8PS/c1-12-4-7-15(8-5-12)28(23,24)25-11-13(2)16-10-14(18(19)20)6-9-17(16)26-27(3,21)22/h4-10,13H,11H2,1-3H3,(H,21,22)/p-1. The van der Waals surface area contributed by atoms with Crippen LogP contribution < -0.4 is 9.42 Å². The summed E-state index contributed by atoms with van der Waals surface area (Å²) in [5, 5.41) is 11.0. The van der Waals surface area contributed by atoms with Crippen molar-refractivity contribution in [3.05, 3.63) is 63.7 Å². The third-order valence-electron chi connectivity index (χ3n) is 3.78. The van der Waals surface area contributed by atoms with Crippen LogP contribution in [0.15, 0.2) is 47.4 Å². The molecule has 0 spiro atoms. The minimum Gasteiger partial charge on any atom is -0.769 e.